The molecule has 1 heterocycles. The van der Waals surface area contributed by atoms with Gasteiger partial charge in [0.05, 0.1) is 24.5 Å². The van der Waals surface area contributed by atoms with Crippen molar-refractivity contribution in [3.05, 3.63) is 18.1 Å². The third-order valence-electron chi connectivity index (χ3n) is 2.55. The van der Waals surface area contributed by atoms with Crippen molar-refractivity contribution < 1.29 is 9.53 Å². The van der Waals surface area contributed by atoms with E-state index in [2.05, 4.69) is 28.6 Å². The molecular formula is C13H20N4O2S. The molecule has 0 atom stereocenters. The molecule has 0 fully saturated rings. The molecule has 1 aromatic rings. The van der Waals surface area contributed by atoms with Gasteiger partial charge in [0.15, 0.2) is 5.69 Å². The van der Waals surface area contributed by atoms with Crippen LogP contribution in [-0.4, -0.2) is 41.1 Å². The predicted molar refractivity (Wildman–Crippen MR) is 81.8 cm³/mol. The minimum Gasteiger partial charge on any atom is -0.464 e. The highest BCUT2D eigenvalue weighted by atomic mass is 32.1. The second kappa shape index (κ2) is 7.74. The van der Waals surface area contributed by atoms with E-state index in [9.17, 15) is 4.79 Å². The highest BCUT2D eigenvalue weighted by Gasteiger charge is 2.14. The van der Waals surface area contributed by atoms with E-state index in [1.807, 2.05) is 4.90 Å². The Morgan fingerprint density at radius 1 is 1.50 bits per heavy atom. The van der Waals surface area contributed by atoms with E-state index in [1.54, 1.807) is 6.20 Å². The molecule has 0 aliphatic carbocycles. The Morgan fingerprint density at radius 3 is 2.75 bits per heavy atom. The molecule has 1 aromatic heterocycles. The lowest BCUT2D eigenvalue weighted by atomic mass is 10.2. The Hall–Kier alpha value is -1.76. The minimum absolute atomic E-state index is 0.189. The van der Waals surface area contributed by atoms with Crippen molar-refractivity contribution >= 4 is 29.0 Å². The molecule has 0 spiro atoms. The van der Waals surface area contributed by atoms with Crippen molar-refractivity contribution in [3.8, 4) is 0 Å². The molecule has 0 aliphatic heterocycles. The number of thiocarbonyl (C=S) groups is 1. The van der Waals surface area contributed by atoms with Gasteiger partial charge in [-0.25, -0.2) is 9.78 Å². The first-order chi connectivity index (χ1) is 9.43. The van der Waals surface area contributed by atoms with E-state index in [-0.39, 0.29) is 5.69 Å². The van der Waals surface area contributed by atoms with Gasteiger partial charge in [-0.05, 0) is 5.92 Å². The second-order valence-electron chi connectivity index (χ2n) is 4.81. The molecule has 0 saturated carbocycles. The number of carbonyl (C=O) groups is 1. The van der Waals surface area contributed by atoms with Gasteiger partial charge in [-0.1, -0.05) is 26.1 Å². The van der Waals surface area contributed by atoms with E-state index in [0.717, 1.165) is 6.54 Å². The van der Waals surface area contributed by atoms with Gasteiger partial charge < -0.3 is 15.4 Å². The molecule has 0 bridgehead atoms. The van der Waals surface area contributed by atoms with Crippen LogP contribution in [0.4, 0.5) is 5.82 Å². The lowest BCUT2D eigenvalue weighted by molar-refractivity contribution is 0.0593. The van der Waals surface area contributed by atoms with Crippen LogP contribution in [0.5, 0.6) is 0 Å². The van der Waals surface area contributed by atoms with Crippen molar-refractivity contribution in [1.29, 1.82) is 0 Å². The highest BCUT2D eigenvalue weighted by molar-refractivity contribution is 7.80. The molecule has 110 valence electrons. The highest BCUT2D eigenvalue weighted by Crippen LogP contribution is 2.13. The first kappa shape index (κ1) is 16.3. The largest absolute Gasteiger partial charge is 0.464 e. The fourth-order valence-corrected chi connectivity index (χ4v) is 1.79. The van der Waals surface area contributed by atoms with Gasteiger partial charge in [0.25, 0.3) is 0 Å². The monoisotopic (exact) mass is 296 g/mol. The molecular weight excluding hydrogens is 276 g/mol. The maximum absolute atomic E-state index is 11.5. The normalized spacial score (nSPS) is 10.4. The average Bonchev–Trinajstić information content (AvgIpc) is 2.42. The first-order valence-corrected chi connectivity index (χ1v) is 6.78. The summed E-state index contributed by atoms with van der Waals surface area (Å²) in [6.07, 6.45) is 3.59. The third-order valence-corrected chi connectivity index (χ3v) is 2.76. The summed E-state index contributed by atoms with van der Waals surface area (Å²) in [6.45, 7) is 5.63. The molecule has 0 unspecified atom stereocenters. The van der Waals surface area contributed by atoms with Gasteiger partial charge in [0.1, 0.15) is 5.82 Å². The summed E-state index contributed by atoms with van der Waals surface area (Å²) in [5, 5.41) is 0. The summed E-state index contributed by atoms with van der Waals surface area (Å²) in [5.41, 5.74) is 5.73. The van der Waals surface area contributed by atoms with Crippen LogP contribution in [0.3, 0.4) is 0 Å². The molecule has 2 N–H and O–H groups in total. The fourth-order valence-electron chi connectivity index (χ4n) is 1.70. The summed E-state index contributed by atoms with van der Waals surface area (Å²) < 4.78 is 4.65. The number of methoxy groups -OCH3 is 1. The van der Waals surface area contributed by atoms with Crippen molar-refractivity contribution in [2.24, 2.45) is 11.7 Å². The number of aromatic nitrogens is 2. The molecule has 0 amide bonds. The zero-order chi connectivity index (χ0) is 15.1. The Labute approximate surface area is 124 Å². The van der Waals surface area contributed by atoms with E-state index < -0.39 is 5.97 Å². The van der Waals surface area contributed by atoms with Crippen LogP contribution >= 0.6 is 12.2 Å². The number of hydrogen-bond acceptors (Lipinski definition) is 6. The zero-order valence-corrected chi connectivity index (χ0v) is 12.8. The number of nitrogens with zero attached hydrogens (tertiary/aromatic N) is 3. The summed E-state index contributed by atoms with van der Waals surface area (Å²) >= 11 is 4.90. The maximum atomic E-state index is 11.5. The fraction of sp³-hybridized carbons (Fsp3) is 0.538. The molecule has 0 aliphatic rings. The van der Waals surface area contributed by atoms with Gasteiger partial charge >= 0.3 is 5.97 Å². The van der Waals surface area contributed by atoms with Crippen LogP contribution < -0.4 is 10.6 Å². The van der Waals surface area contributed by atoms with Crippen LogP contribution in [0.25, 0.3) is 0 Å². The first-order valence-electron chi connectivity index (χ1n) is 6.37. The molecule has 1 rings (SSSR count). The van der Waals surface area contributed by atoms with Gasteiger partial charge in [-0.2, -0.15) is 0 Å². The Kier molecular flexibility index (Phi) is 6.30. The minimum atomic E-state index is -0.502. The SMILES string of the molecule is COC(=O)c1cncc(N(CCC(N)=S)CC(C)C)n1. The molecule has 7 heteroatoms. The summed E-state index contributed by atoms with van der Waals surface area (Å²) in [6, 6.07) is 0. The number of ether oxygens (including phenoxy) is 1. The van der Waals surface area contributed by atoms with Crippen molar-refractivity contribution in [2.75, 3.05) is 25.1 Å². The Bertz CT molecular complexity index is 479. The van der Waals surface area contributed by atoms with Crippen LogP contribution in [0.1, 0.15) is 30.8 Å². The Morgan fingerprint density at radius 2 is 2.20 bits per heavy atom. The van der Waals surface area contributed by atoms with Crippen LogP contribution in [0.2, 0.25) is 0 Å². The molecule has 0 radical (unpaired) electrons. The van der Waals surface area contributed by atoms with E-state index in [1.165, 1.54) is 13.3 Å². The van der Waals surface area contributed by atoms with E-state index in [4.69, 9.17) is 18.0 Å². The number of anilines is 1. The zero-order valence-electron chi connectivity index (χ0n) is 12.0. The number of carbonyl (C=O) groups excluding carboxylic acids is 1. The number of rotatable bonds is 7. The van der Waals surface area contributed by atoms with Gasteiger partial charge in [0.2, 0.25) is 0 Å². The number of hydrogen-bond donors (Lipinski definition) is 1. The third kappa shape index (κ3) is 5.08. The topological polar surface area (TPSA) is 81.3 Å². The second-order valence-corrected chi connectivity index (χ2v) is 5.33. The summed E-state index contributed by atoms with van der Waals surface area (Å²) in [4.78, 5) is 22.3. The van der Waals surface area contributed by atoms with Crippen LogP contribution in [0.15, 0.2) is 12.4 Å². The van der Waals surface area contributed by atoms with E-state index in [0.29, 0.717) is 29.7 Å². The average molecular weight is 296 g/mol. The predicted octanol–water partition coefficient (Wildman–Crippen LogP) is 1.40. The Balaban J connectivity index is 2.94. The number of esters is 1. The molecule has 0 aromatic carbocycles. The molecule has 0 saturated heterocycles. The quantitative estimate of drug-likeness (QED) is 0.601. The van der Waals surface area contributed by atoms with Gasteiger partial charge in [-0.3, -0.25) is 4.98 Å². The molecule has 20 heavy (non-hydrogen) atoms. The van der Waals surface area contributed by atoms with Crippen LogP contribution in [0, 0.1) is 5.92 Å². The van der Waals surface area contributed by atoms with Crippen molar-refractivity contribution in [2.45, 2.75) is 20.3 Å². The standard InChI is InChI=1S/C13H20N4O2S/c1-9(2)8-17(5-4-11(14)20)12-7-15-6-10(16-12)13(18)19-3/h6-7,9H,4-5,8H2,1-3H3,(H2,14,20). The maximum Gasteiger partial charge on any atom is 0.358 e. The van der Waals surface area contributed by atoms with Crippen molar-refractivity contribution in [1.82, 2.24) is 9.97 Å². The van der Waals surface area contributed by atoms with Gasteiger partial charge in [0, 0.05) is 19.5 Å². The summed E-state index contributed by atoms with van der Waals surface area (Å²) in [5.74, 6) is 0.556. The lowest BCUT2D eigenvalue weighted by Gasteiger charge is -2.25. The smallest absolute Gasteiger partial charge is 0.358 e. The van der Waals surface area contributed by atoms with Crippen LogP contribution in [-0.2, 0) is 4.74 Å². The lowest BCUT2D eigenvalue weighted by Crippen LogP contribution is -2.32. The number of nitrogens with two attached hydrogens (primary N) is 1. The molecule has 6 nitrogen and oxygen atoms in total. The van der Waals surface area contributed by atoms with Crippen molar-refractivity contribution in [3.63, 3.8) is 0 Å². The summed E-state index contributed by atoms with van der Waals surface area (Å²) in [7, 11) is 1.31. The van der Waals surface area contributed by atoms with Gasteiger partial charge in [-0.15, -0.1) is 0 Å². The van der Waals surface area contributed by atoms with E-state index >= 15 is 0 Å².